The number of rotatable bonds is 8. The van der Waals surface area contributed by atoms with E-state index < -0.39 is 5.82 Å². The number of nitrogens with zero attached hydrogens (tertiary/aromatic N) is 4. The van der Waals surface area contributed by atoms with Gasteiger partial charge in [-0.2, -0.15) is 0 Å². The summed E-state index contributed by atoms with van der Waals surface area (Å²) < 4.78 is 16.2. The molecule has 0 unspecified atom stereocenters. The average Bonchev–Trinajstić information content (AvgIpc) is 3.56. The van der Waals surface area contributed by atoms with Gasteiger partial charge in [-0.15, -0.1) is 11.3 Å². The Bertz CT molecular complexity index is 1090. The Morgan fingerprint density at radius 3 is 2.69 bits per heavy atom. The van der Waals surface area contributed by atoms with Crippen molar-refractivity contribution in [3.8, 4) is 0 Å². The lowest BCUT2D eigenvalue weighted by Crippen LogP contribution is -2.32. The first kappa shape index (κ1) is 22.2. The summed E-state index contributed by atoms with van der Waals surface area (Å²) in [6.07, 6.45) is 4.82. The van der Waals surface area contributed by atoms with Gasteiger partial charge >= 0.3 is 0 Å². The molecule has 0 radical (unpaired) electrons. The lowest BCUT2D eigenvalue weighted by molar-refractivity contribution is 0.0733. The summed E-state index contributed by atoms with van der Waals surface area (Å²) in [5, 5.41) is 2.66. The Morgan fingerprint density at radius 1 is 1.16 bits per heavy atom. The van der Waals surface area contributed by atoms with Gasteiger partial charge < -0.3 is 14.4 Å². The van der Waals surface area contributed by atoms with Gasteiger partial charge in [0, 0.05) is 36.9 Å². The van der Waals surface area contributed by atoms with Crippen molar-refractivity contribution in [2.24, 2.45) is 0 Å². The van der Waals surface area contributed by atoms with Crippen molar-refractivity contribution in [3.05, 3.63) is 75.8 Å². The molecule has 8 heteroatoms. The second kappa shape index (κ2) is 10.1. The summed E-state index contributed by atoms with van der Waals surface area (Å²) in [5.41, 5.74) is 1.53. The maximum absolute atomic E-state index is 14.2. The number of hydrogen-bond donors (Lipinski definition) is 0. The Labute approximate surface area is 191 Å². The van der Waals surface area contributed by atoms with Gasteiger partial charge in [-0.25, -0.2) is 9.37 Å². The van der Waals surface area contributed by atoms with E-state index in [-0.39, 0.29) is 17.4 Å². The summed E-state index contributed by atoms with van der Waals surface area (Å²) in [6.45, 7) is 5.03. The van der Waals surface area contributed by atoms with E-state index in [1.807, 2.05) is 40.1 Å². The quantitative estimate of drug-likeness (QED) is 0.506. The number of hydrogen-bond acceptors (Lipinski definition) is 4. The van der Waals surface area contributed by atoms with Crippen LogP contribution in [-0.2, 0) is 13.1 Å². The Morgan fingerprint density at radius 2 is 1.94 bits per heavy atom. The first-order chi connectivity index (χ1) is 15.6. The molecule has 168 valence electrons. The summed E-state index contributed by atoms with van der Waals surface area (Å²) in [5.74, 6) is -0.820. The lowest BCUT2D eigenvalue weighted by atomic mass is 10.1. The molecule has 0 saturated carbocycles. The third kappa shape index (κ3) is 4.91. The monoisotopic (exact) mass is 454 g/mol. The fraction of sp³-hybridized carbons (Fsp3) is 0.375. The van der Waals surface area contributed by atoms with Gasteiger partial charge in [0.05, 0.1) is 18.7 Å². The minimum Gasteiger partial charge on any atom is -0.343 e. The van der Waals surface area contributed by atoms with Gasteiger partial charge in [-0.3, -0.25) is 9.59 Å². The summed E-state index contributed by atoms with van der Waals surface area (Å²) in [4.78, 5) is 33.6. The summed E-state index contributed by atoms with van der Waals surface area (Å²) in [7, 11) is 0. The number of benzene rings is 1. The van der Waals surface area contributed by atoms with Crippen LogP contribution in [0.5, 0.6) is 0 Å². The molecule has 3 heterocycles. The normalized spacial score (nSPS) is 13.5. The smallest absolute Gasteiger partial charge is 0.273 e. The maximum Gasteiger partial charge on any atom is 0.273 e. The van der Waals surface area contributed by atoms with Crippen LogP contribution >= 0.6 is 11.3 Å². The first-order valence-corrected chi connectivity index (χ1v) is 11.9. The van der Waals surface area contributed by atoms with Gasteiger partial charge in [0.25, 0.3) is 11.8 Å². The van der Waals surface area contributed by atoms with E-state index in [1.165, 1.54) is 23.5 Å². The van der Waals surface area contributed by atoms with Crippen LogP contribution in [0.1, 0.15) is 57.7 Å². The molecule has 2 aromatic heterocycles. The van der Waals surface area contributed by atoms with Crippen molar-refractivity contribution < 1.29 is 14.0 Å². The van der Waals surface area contributed by atoms with E-state index in [0.717, 1.165) is 43.1 Å². The lowest BCUT2D eigenvalue weighted by Gasteiger charge is -2.23. The highest BCUT2D eigenvalue weighted by Gasteiger charge is 2.23. The number of likely N-dealkylation sites (tertiary alicyclic amines) is 1. The van der Waals surface area contributed by atoms with Crippen molar-refractivity contribution in [1.82, 2.24) is 19.4 Å². The first-order valence-electron chi connectivity index (χ1n) is 11.0. The molecule has 1 saturated heterocycles. The molecule has 1 aromatic carbocycles. The molecule has 6 nitrogen and oxygen atoms in total. The van der Waals surface area contributed by atoms with Crippen molar-refractivity contribution in [1.29, 1.82) is 0 Å². The second-order valence-electron chi connectivity index (χ2n) is 7.96. The fourth-order valence-electron chi connectivity index (χ4n) is 3.98. The van der Waals surface area contributed by atoms with Crippen LogP contribution in [0.3, 0.4) is 0 Å². The largest absolute Gasteiger partial charge is 0.343 e. The molecule has 0 aliphatic carbocycles. The molecule has 3 aromatic rings. The average molecular weight is 455 g/mol. The molecule has 1 aliphatic heterocycles. The van der Waals surface area contributed by atoms with Crippen LogP contribution in [0, 0.1) is 5.82 Å². The predicted molar refractivity (Wildman–Crippen MR) is 122 cm³/mol. The highest BCUT2D eigenvalue weighted by molar-refractivity contribution is 7.09. The molecule has 0 N–H and O–H groups in total. The molecule has 32 heavy (non-hydrogen) atoms. The zero-order valence-corrected chi connectivity index (χ0v) is 19.0. The van der Waals surface area contributed by atoms with Crippen LogP contribution in [0.15, 0.2) is 48.0 Å². The topological polar surface area (TPSA) is 58.4 Å². The Kier molecular flexibility index (Phi) is 6.99. The van der Waals surface area contributed by atoms with Crippen molar-refractivity contribution in [2.75, 3.05) is 19.6 Å². The van der Waals surface area contributed by atoms with Crippen LogP contribution in [0.4, 0.5) is 4.39 Å². The standard InChI is InChI=1S/C24H27FN4O2S/c1-2-11-29(23(30)19-9-3-4-10-20(19)25)15-18-8-7-14-28(18)16-22-26-21(17-32-22)24(31)27-12-5-6-13-27/h3-4,7-10,14,17H,2,5-6,11-13,15-16H2,1H3. The van der Waals surface area contributed by atoms with Gasteiger partial charge in [0.15, 0.2) is 0 Å². The highest BCUT2D eigenvalue weighted by Crippen LogP contribution is 2.19. The molecule has 0 atom stereocenters. The van der Waals surface area contributed by atoms with Gasteiger partial charge in [0.1, 0.15) is 16.5 Å². The van der Waals surface area contributed by atoms with E-state index in [2.05, 4.69) is 4.98 Å². The number of aromatic nitrogens is 2. The third-order valence-corrected chi connectivity index (χ3v) is 6.46. The third-order valence-electron chi connectivity index (χ3n) is 5.63. The second-order valence-corrected chi connectivity index (χ2v) is 8.90. The van der Waals surface area contributed by atoms with Gasteiger partial charge in [0.2, 0.25) is 0 Å². The van der Waals surface area contributed by atoms with Crippen LogP contribution < -0.4 is 0 Å². The highest BCUT2D eigenvalue weighted by atomic mass is 32.1. The van der Waals surface area contributed by atoms with E-state index in [1.54, 1.807) is 17.0 Å². The van der Waals surface area contributed by atoms with E-state index in [4.69, 9.17) is 0 Å². The summed E-state index contributed by atoms with van der Waals surface area (Å²) in [6, 6.07) is 9.97. The molecule has 1 fully saturated rings. The molecule has 2 amide bonds. The van der Waals surface area contributed by atoms with Crippen molar-refractivity contribution in [2.45, 2.75) is 39.3 Å². The van der Waals surface area contributed by atoms with Crippen molar-refractivity contribution in [3.63, 3.8) is 0 Å². The molecule has 1 aliphatic rings. The molecule has 4 rings (SSSR count). The van der Waals surface area contributed by atoms with E-state index >= 15 is 0 Å². The summed E-state index contributed by atoms with van der Waals surface area (Å²) >= 11 is 1.47. The Hall–Kier alpha value is -3.00. The number of thiazole rings is 1. The number of carbonyl (C=O) groups excluding carboxylic acids is 2. The van der Waals surface area contributed by atoms with Crippen LogP contribution in [-0.4, -0.2) is 50.8 Å². The number of amides is 2. The fourth-order valence-corrected chi connectivity index (χ4v) is 4.75. The SMILES string of the molecule is CCCN(Cc1cccn1Cc1nc(C(=O)N2CCCC2)cs1)C(=O)c1ccccc1F. The van der Waals surface area contributed by atoms with Crippen molar-refractivity contribution >= 4 is 23.2 Å². The van der Waals surface area contributed by atoms with Crippen LogP contribution in [0.25, 0.3) is 0 Å². The molecular formula is C24H27FN4O2S. The maximum atomic E-state index is 14.2. The minimum absolute atomic E-state index is 0.00216. The van der Waals surface area contributed by atoms with Gasteiger partial charge in [-0.1, -0.05) is 19.1 Å². The van der Waals surface area contributed by atoms with E-state index in [0.29, 0.717) is 25.3 Å². The number of carbonyl (C=O) groups is 2. The minimum atomic E-state index is -0.507. The van der Waals surface area contributed by atoms with Crippen LogP contribution in [0.2, 0.25) is 0 Å². The predicted octanol–water partition coefficient (Wildman–Crippen LogP) is 4.42. The van der Waals surface area contributed by atoms with E-state index in [9.17, 15) is 14.0 Å². The van der Waals surface area contributed by atoms with Gasteiger partial charge in [-0.05, 0) is 43.5 Å². The zero-order valence-electron chi connectivity index (χ0n) is 18.2. The number of halogens is 1. The Balaban J connectivity index is 1.47. The zero-order chi connectivity index (χ0) is 22.5. The molecule has 0 bridgehead atoms. The molecular weight excluding hydrogens is 427 g/mol. The molecule has 0 spiro atoms.